The third-order valence-electron chi connectivity index (χ3n) is 4.43. The minimum Gasteiger partial charge on any atom is -0.398 e. The summed E-state index contributed by atoms with van der Waals surface area (Å²) in [7, 11) is 0. The van der Waals surface area contributed by atoms with E-state index in [9.17, 15) is 0 Å². The number of aryl methyl sites for hydroxylation is 1. The van der Waals surface area contributed by atoms with Gasteiger partial charge in [-0.1, -0.05) is 49.4 Å². The van der Waals surface area contributed by atoms with Crippen molar-refractivity contribution in [2.75, 3.05) is 5.73 Å². The molecule has 1 aromatic carbocycles. The number of rotatable bonds is 2. The van der Waals surface area contributed by atoms with E-state index < -0.39 is 0 Å². The molecule has 2 aromatic rings. The van der Waals surface area contributed by atoms with Crippen LogP contribution in [0.25, 0.3) is 11.5 Å². The van der Waals surface area contributed by atoms with Crippen molar-refractivity contribution in [1.29, 1.82) is 0 Å². The van der Waals surface area contributed by atoms with Crippen molar-refractivity contribution in [3.8, 4) is 11.5 Å². The molecule has 112 valence electrons. The van der Waals surface area contributed by atoms with Crippen molar-refractivity contribution in [3.63, 3.8) is 0 Å². The summed E-state index contributed by atoms with van der Waals surface area (Å²) in [5.74, 6) is 1.85. The van der Waals surface area contributed by atoms with Gasteiger partial charge in [0.15, 0.2) is 5.82 Å². The van der Waals surface area contributed by atoms with Gasteiger partial charge in [0, 0.05) is 11.6 Å². The van der Waals surface area contributed by atoms with Gasteiger partial charge in [-0.3, -0.25) is 0 Å². The van der Waals surface area contributed by atoms with Gasteiger partial charge in [0.05, 0.1) is 5.56 Å². The molecular formula is C17H23N3O. The topological polar surface area (TPSA) is 64.9 Å². The lowest BCUT2D eigenvalue weighted by atomic mass is 9.91. The largest absolute Gasteiger partial charge is 0.398 e. The lowest BCUT2D eigenvalue weighted by molar-refractivity contribution is 0.393. The van der Waals surface area contributed by atoms with Crippen LogP contribution in [0.1, 0.15) is 62.3 Å². The lowest BCUT2D eigenvalue weighted by Gasteiger charge is -2.15. The average molecular weight is 285 g/mol. The molecule has 1 aliphatic rings. The Bertz CT molecular complexity index is 578. The first-order valence-electron chi connectivity index (χ1n) is 7.95. The van der Waals surface area contributed by atoms with Crippen molar-refractivity contribution in [1.82, 2.24) is 10.1 Å². The third-order valence-corrected chi connectivity index (χ3v) is 4.43. The van der Waals surface area contributed by atoms with Gasteiger partial charge in [-0.25, -0.2) is 0 Å². The highest BCUT2D eigenvalue weighted by Gasteiger charge is 2.21. The molecule has 2 N–H and O–H groups in total. The predicted molar refractivity (Wildman–Crippen MR) is 83.9 cm³/mol. The fourth-order valence-electron chi connectivity index (χ4n) is 3.20. The molecule has 0 bridgehead atoms. The second kappa shape index (κ2) is 6.29. The molecule has 0 unspecified atom stereocenters. The molecule has 1 heterocycles. The first-order valence-corrected chi connectivity index (χ1v) is 7.95. The van der Waals surface area contributed by atoms with Crippen LogP contribution in [0.3, 0.4) is 0 Å². The Morgan fingerprint density at radius 2 is 1.81 bits per heavy atom. The molecule has 1 aromatic heterocycles. The van der Waals surface area contributed by atoms with E-state index in [0.717, 1.165) is 17.0 Å². The SMILES string of the molecule is Cc1cccc(N)c1-c1nc(C2CCCCCCC2)no1. The highest BCUT2D eigenvalue weighted by atomic mass is 16.5. The summed E-state index contributed by atoms with van der Waals surface area (Å²) >= 11 is 0. The van der Waals surface area contributed by atoms with Crippen LogP contribution in [0.5, 0.6) is 0 Å². The number of nitrogens with two attached hydrogens (primary N) is 1. The molecule has 0 amide bonds. The maximum atomic E-state index is 6.06. The summed E-state index contributed by atoms with van der Waals surface area (Å²) < 4.78 is 5.50. The zero-order valence-electron chi connectivity index (χ0n) is 12.6. The molecule has 0 atom stereocenters. The summed E-state index contributed by atoms with van der Waals surface area (Å²) in [5.41, 5.74) is 8.71. The van der Waals surface area contributed by atoms with Gasteiger partial charge < -0.3 is 10.3 Å². The summed E-state index contributed by atoms with van der Waals surface area (Å²) in [6.07, 6.45) is 8.88. The smallest absolute Gasteiger partial charge is 0.260 e. The molecule has 21 heavy (non-hydrogen) atoms. The number of anilines is 1. The predicted octanol–water partition coefficient (Wildman–Crippen LogP) is 4.46. The molecule has 0 aliphatic heterocycles. The minimum atomic E-state index is 0.438. The number of hydrogen-bond acceptors (Lipinski definition) is 4. The van der Waals surface area contributed by atoms with Crippen molar-refractivity contribution < 1.29 is 4.52 Å². The van der Waals surface area contributed by atoms with Gasteiger partial charge in [0.2, 0.25) is 0 Å². The van der Waals surface area contributed by atoms with E-state index in [-0.39, 0.29) is 0 Å². The number of nitrogens with zero attached hydrogens (tertiary/aromatic N) is 2. The van der Waals surface area contributed by atoms with Crippen molar-refractivity contribution in [2.45, 2.75) is 57.8 Å². The maximum absolute atomic E-state index is 6.06. The summed E-state index contributed by atoms with van der Waals surface area (Å²) in [6, 6.07) is 5.84. The van der Waals surface area contributed by atoms with E-state index >= 15 is 0 Å². The van der Waals surface area contributed by atoms with Crippen LogP contribution in [-0.2, 0) is 0 Å². The first-order chi connectivity index (χ1) is 10.3. The van der Waals surface area contributed by atoms with Crippen LogP contribution < -0.4 is 5.73 Å². The number of benzene rings is 1. The van der Waals surface area contributed by atoms with Crippen molar-refractivity contribution >= 4 is 5.69 Å². The maximum Gasteiger partial charge on any atom is 0.260 e. The van der Waals surface area contributed by atoms with Gasteiger partial charge in [-0.05, 0) is 31.4 Å². The standard InChI is InChI=1S/C17H23N3O/c1-12-8-7-11-14(18)15(12)17-19-16(20-21-17)13-9-5-3-2-4-6-10-13/h7-8,11,13H,2-6,9-10,18H2,1H3. The van der Waals surface area contributed by atoms with Gasteiger partial charge >= 0.3 is 0 Å². The number of nitrogen functional groups attached to an aromatic ring is 1. The molecule has 1 fully saturated rings. The van der Waals surface area contributed by atoms with Crippen LogP contribution in [0.15, 0.2) is 22.7 Å². The summed E-state index contributed by atoms with van der Waals surface area (Å²) in [5, 5.41) is 4.23. The third kappa shape index (κ3) is 3.09. The highest BCUT2D eigenvalue weighted by Crippen LogP contribution is 2.32. The molecule has 1 saturated carbocycles. The fourth-order valence-corrected chi connectivity index (χ4v) is 3.20. The Hall–Kier alpha value is -1.84. The summed E-state index contributed by atoms with van der Waals surface area (Å²) in [6.45, 7) is 2.02. The molecule has 4 nitrogen and oxygen atoms in total. The van der Waals surface area contributed by atoms with E-state index in [1.165, 1.54) is 44.9 Å². The van der Waals surface area contributed by atoms with Gasteiger partial charge in [0.25, 0.3) is 5.89 Å². The Labute approximate surface area is 125 Å². The zero-order valence-corrected chi connectivity index (χ0v) is 12.6. The first kappa shape index (κ1) is 14.1. The second-order valence-corrected chi connectivity index (χ2v) is 6.04. The minimum absolute atomic E-state index is 0.438. The zero-order chi connectivity index (χ0) is 14.7. The molecule has 0 radical (unpaired) electrons. The van der Waals surface area contributed by atoms with Crippen LogP contribution in [0, 0.1) is 6.92 Å². The van der Waals surface area contributed by atoms with Crippen LogP contribution in [0.4, 0.5) is 5.69 Å². The van der Waals surface area contributed by atoms with Crippen molar-refractivity contribution in [2.24, 2.45) is 0 Å². The normalized spacial score (nSPS) is 17.4. The molecule has 4 heteroatoms. The van der Waals surface area contributed by atoms with E-state index in [1.807, 2.05) is 25.1 Å². The van der Waals surface area contributed by atoms with Crippen molar-refractivity contribution in [3.05, 3.63) is 29.6 Å². The molecule has 1 aliphatic carbocycles. The monoisotopic (exact) mass is 285 g/mol. The molecule has 0 saturated heterocycles. The Morgan fingerprint density at radius 3 is 2.52 bits per heavy atom. The van der Waals surface area contributed by atoms with Crippen LogP contribution >= 0.6 is 0 Å². The lowest BCUT2D eigenvalue weighted by Crippen LogP contribution is -2.04. The average Bonchev–Trinajstić information content (AvgIpc) is 2.87. The van der Waals surface area contributed by atoms with E-state index in [2.05, 4.69) is 10.1 Å². The fraction of sp³-hybridized carbons (Fsp3) is 0.529. The molecule has 3 rings (SSSR count). The molecule has 0 spiro atoms. The Balaban J connectivity index is 1.85. The van der Waals surface area contributed by atoms with Crippen LogP contribution in [0.2, 0.25) is 0 Å². The highest BCUT2D eigenvalue weighted by molar-refractivity contribution is 5.73. The van der Waals surface area contributed by atoms with Gasteiger partial charge in [-0.15, -0.1) is 0 Å². The van der Waals surface area contributed by atoms with Crippen LogP contribution in [-0.4, -0.2) is 10.1 Å². The van der Waals surface area contributed by atoms with Gasteiger partial charge in [-0.2, -0.15) is 4.98 Å². The number of hydrogen-bond donors (Lipinski definition) is 1. The Kier molecular flexibility index (Phi) is 4.23. The van der Waals surface area contributed by atoms with E-state index in [1.54, 1.807) is 0 Å². The van der Waals surface area contributed by atoms with E-state index in [0.29, 0.717) is 17.5 Å². The van der Waals surface area contributed by atoms with Gasteiger partial charge in [0.1, 0.15) is 0 Å². The molecular weight excluding hydrogens is 262 g/mol. The quantitative estimate of drug-likeness (QED) is 0.828. The Morgan fingerprint density at radius 1 is 1.10 bits per heavy atom. The number of aromatic nitrogens is 2. The van der Waals surface area contributed by atoms with E-state index in [4.69, 9.17) is 10.3 Å². The summed E-state index contributed by atoms with van der Waals surface area (Å²) in [4.78, 5) is 4.64. The second-order valence-electron chi connectivity index (χ2n) is 6.04.